The lowest BCUT2D eigenvalue weighted by molar-refractivity contribution is 1.07. The van der Waals surface area contributed by atoms with E-state index in [0.29, 0.717) is 34.9 Å². The molecular weight excluding hydrogens is 1550 g/mol. The maximum Gasteiger partial charge on any atom is 0.164 e. The van der Waals surface area contributed by atoms with E-state index in [4.69, 9.17) is 29.9 Å². The van der Waals surface area contributed by atoms with E-state index in [2.05, 4.69) is 373 Å². The van der Waals surface area contributed by atoms with Crippen molar-refractivity contribution in [3.8, 4) is 146 Å². The summed E-state index contributed by atoms with van der Waals surface area (Å²) in [7, 11) is 0. The van der Waals surface area contributed by atoms with Gasteiger partial charge in [0.15, 0.2) is 34.9 Å². The second kappa shape index (κ2) is 31.3. The first kappa shape index (κ1) is 73.2. The fraction of sp³-hybridized carbons (Fsp3) is 0. The largest absolute Gasteiger partial charge is 0.309 e. The summed E-state index contributed by atoms with van der Waals surface area (Å²) in [5, 5.41) is 9.99. The average molecular weight is 1620 g/mol. The lowest BCUT2D eigenvalue weighted by atomic mass is 9.90. The van der Waals surface area contributed by atoms with Crippen LogP contribution in [-0.2, 0) is 0 Å². The summed E-state index contributed by atoms with van der Waals surface area (Å²) in [4.78, 5) is 31.2. The van der Waals surface area contributed by atoms with Crippen molar-refractivity contribution in [3.05, 3.63) is 437 Å². The van der Waals surface area contributed by atoms with E-state index in [1.54, 1.807) is 0 Å². The molecule has 0 spiro atoms. The minimum absolute atomic E-state index is 0.624. The predicted molar refractivity (Wildman–Crippen MR) is 519 cm³/mol. The van der Waals surface area contributed by atoms with Crippen molar-refractivity contribution in [3.63, 3.8) is 0 Å². The van der Waals surface area contributed by atoms with Crippen LogP contribution in [0.5, 0.6) is 0 Å². The van der Waals surface area contributed by atoms with Crippen molar-refractivity contribution < 1.29 is 0 Å². The Labute approximate surface area is 723 Å². The molecule has 0 fully saturated rings. The molecule has 0 saturated carbocycles. The van der Waals surface area contributed by atoms with Crippen LogP contribution in [0, 0.1) is 0 Å². The van der Waals surface area contributed by atoms with E-state index in [1.165, 1.54) is 106 Å². The molecule has 0 radical (unpaired) electrons. The third-order valence-corrected chi connectivity index (χ3v) is 26.1. The Balaban J connectivity index is 0.000000143. The zero-order valence-electron chi connectivity index (χ0n) is 67.0. The summed E-state index contributed by atoms with van der Waals surface area (Å²) in [6.45, 7) is 0. The van der Waals surface area contributed by atoms with Crippen LogP contribution in [-0.4, -0.2) is 39.0 Å². The van der Waals surface area contributed by atoms with Gasteiger partial charge in [0.1, 0.15) is 0 Å². The minimum Gasteiger partial charge on any atom is -0.309 e. The molecule has 0 saturated heterocycles. The quantitative estimate of drug-likeness (QED) is 0.108. The molecule has 0 bridgehead atoms. The molecule has 10 heteroatoms. The summed E-state index contributed by atoms with van der Waals surface area (Å²) in [5.41, 5.74) is 26.3. The molecule has 0 aliphatic rings. The van der Waals surface area contributed by atoms with Crippen molar-refractivity contribution >= 4 is 107 Å². The Morgan fingerprint density at radius 2 is 0.460 bits per heavy atom. The lowest BCUT2D eigenvalue weighted by Crippen LogP contribution is -2.01. The first-order valence-corrected chi connectivity index (χ1v) is 43.3. The van der Waals surface area contributed by atoms with Gasteiger partial charge in [-0.2, -0.15) is 0 Å². The van der Waals surface area contributed by atoms with Gasteiger partial charge in [0.05, 0.1) is 22.1 Å². The molecule has 24 aromatic rings. The monoisotopic (exact) mass is 1620 g/mol. The highest BCUT2D eigenvalue weighted by atomic mass is 32.1. The zero-order chi connectivity index (χ0) is 82.0. The van der Waals surface area contributed by atoms with E-state index in [9.17, 15) is 0 Å². The number of benzene rings is 18. The second-order valence-corrected chi connectivity index (χ2v) is 33.3. The molecule has 0 unspecified atom stereocenters. The first-order chi connectivity index (χ1) is 61.5. The lowest BCUT2D eigenvalue weighted by Gasteiger charge is -2.16. The molecule has 6 heterocycles. The normalized spacial score (nSPS) is 11.5. The van der Waals surface area contributed by atoms with Crippen molar-refractivity contribution in [2.75, 3.05) is 0 Å². The summed E-state index contributed by atoms with van der Waals surface area (Å²) < 4.78 is 9.78. The molecule has 6 aromatic heterocycles. The van der Waals surface area contributed by atoms with Crippen LogP contribution in [0.2, 0.25) is 0 Å². The number of para-hydroxylation sites is 4. The van der Waals surface area contributed by atoms with Crippen molar-refractivity contribution in [2.24, 2.45) is 0 Å². The van der Waals surface area contributed by atoms with Gasteiger partial charge >= 0.3 is 0 Å². The van der Waals surface area contributed by atoms with Crippen molar-refractivity contribution in [1.82, 2.24) is 39.0 Å². The van der Waals surface area contributed by atoms with Crippen LogP contribution in [0.1, 0.15) is 0 Å². The molecule has 18 aromatic carbocycles. The van der Waals surface area contributed by atoms with Gasteiger partial charge in [0, 0.05) is 112 Å². The van der Waals surface area contributed by atoms with Crippen LogP contribution >= 0.6 is 22.7 Å². The van der Waals surface area contributed by atoms with Gasteiger partial charge < -0.3 is 9.13 Å². The summed E-state index contributed by atoms with van der Waals surface area (Å²) >= 11 is 3.70. The van der Waals surface area contributed by atoms with Gasteiger partial charge in [-0.3, -0.25) is 0 Å². The van der Waals surface area contributed by atoms with Gasteiger partial charge in [-0.05, 0) is 140 Å². The van der Waals surface area contributed by atoms with Crippen LogP contribution < -0.4 is 0 Å². The smallest absolute Gasteiger partial charge is 0.164 e. The molecular formula is C114H72N8S2. The van der Waals surface area contributed by atoms with Gasteiger partial charge in [0.2, 0.25) is 0 Å². The Bertz CT molecular complexity index is 8080. The average Bonchev–Trinajstić information content (AvgIpc) is 1.56. The van der Waals surface area contributed by atoms with Crippen LogP contribution in [0.15, 0.2) is 437 Å². The van der Waals surface area contributed by atoms with E-state index < -0.39 is 0 Å². The third kappa shape index (κ3) is 13.3. The Morgan fingerprint density at radius 3 is 0.903 bits per heavy atom. The number of aromatic nitrogens is 8. The molecule has 24 rings (SSSR count). The maximum absolute atomic E-state index is 5.30. The Morgan fingerprint density at radius 1 is 0.153 bits per heavy atom. The molecule has 0 N–H and O–H groups in total. The van der Waals surface area contributed by atoms with E-state index >= 15 is 0 Å². The third-order valence-electron chi connectivity index (χ3n) is 23.8. The number of thiophene rings is 2. The van der Waals surface area contributed by atoms with Crippen LogP contribution in [0.3, 0.4) is 0 Å². The number of hydrogen-bond donors (Lipinski definition) is 0. The predicted octanol–water partition coefficient (Wildman–Crippen LogP) is 30.7. The topological polar surface area (TPSA) is 87.2 Å². The van der Waals surface area contributed by atoms with Crippen LogP contribution in [0.4, 0.5) is 0 Å². The highest BCUT2D eigenvalue weighted by molar-refractivity contribution is 7.26. The first-order valence-electron chi connectivity index (χ1n) is 41.7. The summed E-state index contributed by atoms with van der Waals surface area (Å²) in [6.07, 6.45) is 0. The molecule has 580 valence electrons. The number of rotatable bonds is 14. The molecule has 8 nitrogen and oxygen atoms in total. The molecule has 124 heavy (non-hydrogen) atoms. The number of fused-ring (bicyclic) bond motifs is 12. The van der Waals surface area contributed by atoms with Gasteiger partial charge in [-0.25, -0.2) is 29.9 Å². The van der Waals surface area contributed by atoms with Gasteiger partial charge in [0.25, 0.3) is 0 Å². The standard InChI is InChI=1S/2C57H36N4S/c1-5-18-37(19-6-1)42-26-13-14-27-43(42)40-32-33-44(50(34-40)57-59-55(38-20-7-2-8-21-38)58-56(60-57)39-22-9-3-10-23-39)46-29-17-30-47-49-35-52-48(36-53(49)62-54(46)47)45-28-15-16-31-51(45)61(52)41-24-11-4-12-25-41;1-5-17-37(18-6-1)43-25-13-14-26-44(43)40-29-31-45(50(33-40)57-59-55(38-19-7-2-8-20-38)58-56(60-57)39-21-9-3-10-22-39)41-30-32-47-49-35-52-48(36-54(49)62-53(47)34-41)46-27-15-16-28-51(46)61(52)42-23-11-4-12-24-42/h2*1-36H. The highest BCUT2D eigenvalue weighted by Gasteiger charge is 2.25. The fourth-order valence-electron chi connectivity index (χ4n) is 17.9. The Kier molecular flexibility index (Phi) is 18.5. The zero-order valence-corrected chi connectivity index (χ0v) is 68.6. The van der Waals surface area contributed by atoms with Gasteiger partial charge in [-0.15, -0.1) is 22.7 Å². The van der Waals surface area contributed by atoms with Crippen LogP contribution in [0.25, 0.3) is 230 Å². The summed E-state index contributed by atoms with van der Waals surface area (Å²) in [6, 6.07) is 155. The molecule has 0 aliphatic heterocycles. The minimum atomic E-state index is 0.624. The van der Waals surface area contributed by atoms with E-state index in [-0.39, 0.29) is 0 Å². The molecule has 0 atom stereocenters. The van der Waals surface area contributed by atoms with E-state index in [0.717, 1.165) is 89.3 Å². The highest BCUT2D eigenvalue weighted by Crippen LogP contribution is 2.49. The van der Waals surface area contributed by atoms with Crippen molar-refractivity contribution in [1.29, 1.82) is 0 Å². The fourth-order valence-corrected chi connectivity index (χ4v) is 20.4. The molecule has 0 amide bonds. The summed E-state index contributed by atoms with van der Waals surface area (Å²) in [5.74, 6) is 3.78. The molecule has 0 aliphatic carbocycles. The Hall–Kier alpha value is -16.0. The number of hydrogen-bond acceptors (Lipinski definition) is 8. The van der Waals surface area contributed by atoms with Gasteiger partial charge in [-0.1, -0.05) is 358 Å². The second-order valence-electron chi connectivity index (χ2n) is 31.1. The SMILES string of the molecule is c1ccc(-c2nc(-c3ccccc3)nc(-c3cc(-c4ccccc4-c4ccccc4)ccc3-c3ccc4c(c3)sc3cc5c6ccccc6n(-c6ccccc6)c5cc34)n2)cc1.c1ccc(-c2nc(-c3ccccc3)nc(-c3cc(-c4ccccc4-c4ccccc4)ccc3-c3cccc4c3sc3cc5c6ccccc6n(-c6ccccc6)c5cc34)n2)cc1. The van der Waals surface area contributed by atoms with Crippen molar-refractivity contribution in [2.45, 2.75) is 0 Å². The number of nitrogens with zero attached hydrogens (tertiary/aromatic N) is 8. The van der Waals surface area contributed by atoms with E-state index in [1.807, 2.05) is 95.5 Å². The maximum atomic E-state index is 5.30.